The van der Waals surface area contributed by atoms with Crippen LogP contribution in [0.15, 0.2) is 6.07 Å². The van der Waals surface area contributed by atoms with Crippen molar-refractivity contribution in [2.24, 2.45) is 11.7 Å². The molecule has 1 aromatic rings. The fraction of sp³-hybridized carbons (Fsp3) is 0.583. The maximum absolute atomic E-state index is 12.0. The third-order valence-electron chi connectivity index (χ3n) is 3.15. The van der Waals surface area contributed by atoms with Crippen molar-refractivity contribution in [2.45, 2.75) is 32.7 Å². The summed E-state index contributed by atoms with van der Waals surface area (Å²) in [6, 6.07) is 2.12. The van der Waals surface area contributed by atoms with Crippen LogP contribution in [-0.4, -0.2) is 18.5 Å². The van der Waals surface area contributed by atoms with Crippen molar-refractivity contribution in [1.82, 2.24) is 5.32 Å². The molecule has 0 aromatic carbocycles. The summed E-state index contributed by atoms with van der Waals surface area (Å²) in [6.07, 6.45) is 2.40. The van der Waals surface area contributed by atoms with Crippen LogP contribution < -0.4 is 11.1 Å². The average Bonchev–Trinajstić information content (AvgIpc) is 3.03. The van der Waals surface area contributed by atoms with E-state index in [1.807, 2.05) is 19.9 Å². The Balaban J connectivity index is 2.01. The van der Waals surface area contributed by atoms with Crippen LogP contribution in [0.25, 0.3) is 0 Å². The Labute approximate surface area is 100 Å². The summed E-state index contributed by atoms with van der Waals surface area (Å²) >= 11 is 1.55. The van der Waals surface area contributed by atoms with Crippen molar-refractivity contribution in [3.63, 3.8) is 0 Å². The van der Waals surface area contributed by atoms with Gasteiger partial charge < -0.3 is 11.1 Å². The minimum absolute atomic E-state index is 0.0311. The van der Waals surface area contributed by atoms with Crippen LogP contribution in [0.4, 0.5) is 0 Å². The van der Waals surface area contributed by atoms with Crippen LogP contribution >= 0.6 is 11.3 Å². The van der Waals surface area contributed by atoms with Gasteiger partial charge in [0.25, 0.3) is 5.91 Å². The molecule has 1 atom stereocenters. The van der Waals surface area contributed by atoms with E-state index >= 15 is 0 Å². The Morgan fingerprint density at radius 1 is 1.62 bits per heavy atom. The molecule has 1 aliphatic rings. The van der Waals surface area contributed by atoms with Crippen LogP contribution in [0.2, 0.25) is 0 Å². The number of aryl methyl sites for hydroxylation is 2. The quantitative estimate of drug-likeness (QED) is 0.841. The van der Waals surface area contributed by atoms with E-state index in [0.29, 0.717) is 12.5 Å². The van der Waals surface area contributed by atoms with Gasteiger partial charge in [-0.25, -0.2) is 0 Å². The second kappa shape index (κ2) is 4.55. The molecule has 1 heterocycles. The zero-order valence-corrected chi connectivity index (χ0v) is 10.6. The van der Waals surface area contributed by atoms with Gasteiger partial charge in [-0.15, -0.1) is 11.3 Å². The van der Waals surface area contributed by atoms with Gasteiger partial charge in [-0.05, 0) is 44.2 Å². The van der Waals surface area contributed by atoms with E-state index in [1.54, 1.807) is 11.3 Å². The molecule has 1 aliphatic carbocycles. The van der Waals surface area contributed by atoms with Crippen LogP contribution in [0.3, 0.4) is 0 Å². The van der Waals surface area contributed by atoms with Gasteiger partial charge in [0.2, 0.25) is 0 Å². The number of thiophene rings is 1. The summed E-state index contributed by atoms with van der Waals surface area (Å²) in [6.45, 7) is 4.61. The standard InChI is InChI=1S/C12H18N2OS/c1-7-5-11(16-8(7)2)12(15)14-10(6-13)9-3-4-9/h5,9-10H,3-4,6,13H2,1-2H3,(H,14,15). The normalized spacial score (nSPS) is 17.2. The molecule has 16 heavy (non-hydrogen) atoms. The van der Waals surface area contributed by atoms with Crippen LogP contribution in [-0.2, 0) is 0 Å². The number of amides is 1. The number of carbonyl (C=O) groups is 1. The second-order valence-electron chi connectivity index (χ2n) is 4.50. The highest BCUT2D eigenvalue weighted by atomic mass is 32.1. The number of hydrogen-bond acceptors (Lipinski definition) is 3. The van der Waals surface area contributed by atoms with Crippen molar-refractivity contribution >= 4 is 17.2 Å². The lowest BCUT2D eigenvalue weighted by Crippen LogP contribution is -2.41. The monoisotopic (exact) mass is 238 g/mol. The van der Waals surface area contributed by atoms with Crippen molar-refractivity contribution in [1.29, 1.82) is 0 Å². The molecule has 2 rings (SSSR count). The molecule has 1 saturated carbocycles. The topological polar surface area (TPSA) is 55.1 Å². The molecule has 1 fully saturated rings. The molecule has 4 heteroatoms. The number of nitrogens with one attached hydrogen (secondary N) is 1. The van der Waals surface area contributed by atoms with Gasteiger partial charge in [-0.1, -0.05) is 0 Å². The Morgan fingerprint density at radius 2 is 2.31 bits per heavy atom. The SMILES string of the molecule is Cc1cc(C(=O)NC(CN)C2CC2)sc1C. The van der Waals surface area contributed by atoms with E-state index < -0.39 is 0 Å². The largest absolute Gasteiger partial charge is 0.347 e. The molecule has 3 nitrogen and oxygen atoms in total. The lowest BCUT2D eigenvalue weighted by atomic mass is 10.2. The van der Waals surface area contributed by atoms with Gasteiger partial charge in [-0.3, -0.25) is 4.79 Å². The smallest absolute Gasteiger partial charge is 0.261 e. The maximum atomic E-state index is 12.0. The predicted molar refractivity (Wildman–Crippen MR) is 66.8 cm³/mol. The van der Waals surface area contributed by atoms with E-state index in [9.17, 15) is 4.79 Å². The Bertz CT molecular complexity index is 376. The summed E-state index contributed by atoms with van der Waals surface area (Å²) in [5.41, 5.74) is 6.85. The van der Waals surface area contributed by atoms with Gasteiger partial charge in [0, 0.05) is 17.5 Å². The minimum Gasteiger partial charge on any atom is -0.347 e. The summed E-state index contributed by atoms with van der Waals surface area (Å²) < 4.78 is 0. The summed E-state index contributed by atoms with van der Waals surface area (Å²) in [4.78, 5) is 14.0. The number of hydrogen-bond donors (Lipinski definition) is 2. The highest BCUT2D eigenvalue weighted by molar-refractivity contribution is 7.14. The first kappa shape index (κ1) is 11.6. The molecule has 0 aliphatic heterocycles. The molecule has 1 aromatic heterocycles. The molecule has 1 amide bonds. The van der Waals surface area contributed by atoms with E-state index in [1.165, 1.54) is 23.3 Å². The zero-order chi connectivity index (χ0) is 11.7. The van der Waals surface area contributed by atoms with Crippen LogP contribution in [0.5, 0.6) is 0 Å². The molecule has 88 valence electrons. The molecular weight excluding hydrogens is 220 g/mol. The third-order valence-corrected chi connectivity index (χ3v) is 4.30. The van der Waals surface area contributed by atoms with Gasteiger partial charge in [0.15, 0.2) is 0 Å². The van der Waals surface area contributed by atoms with E-state index in [4.69, 9.17) is 5.73 Å². The third kappa shape index (κ3) is 2.44. The van der Waals surface area contributed by atoms with E-state index in [-0.39, 0.29) is 11.9 Å². The predicted octanol–water partition coefficient (Wildman–Crippen LogP) is 1.83. The van der Waals surface area contributed by atoms with Crippen LogP contribution in [0.1, 0.15) is 33.0 Å². The first-order chi connectivity index (χ1) is 7.61. The fourth-order valence-corrected chi connectivity index (χ4v) is 2.73. The fourth-order valence-electron chi connectivity index (χ4n) is 1.79. The van der Waals surface area contributed by atoms with Crippen molar-refractivity contribution in [2.75, 3.05) is 6.54 Å². The zero-order valence-electron chi connectivity index (χ0n) is 9.75. The Kier molecular flexibility index (Phi) is 3.30. The summed E-state index contributed by atoms with van der Waals surface area (Å²) in [7, 11) is 0. The van der Waals surface area contributed by atoms with Crippen molar-refractivity contribution < 1.29 is 4.79 Å². The molecule has 3 N–H and O–H groups in total. The van der Waals surface area contributed by atoms with Gasteiger partial charge in [-0.2, -0.15) is 0 Å². The second-order valence-corrected chi connectivity index (χ2v) is 5.76. The Hall–Kier alpha value is -0.870. The summed E-state index contributed by atoms with van der Waals surface area (Å²) in [5, 5.41) is 3.03. The summed E-state index contributed by atoms with van der Waals surface area (Å²) in [5.74, 6) is 0.639. The number of rotatable bonds is 4. The molecule has 0 bridgehead atoms. The first-order valence-corrected chi connectivity index (χ1v) is 6.51. The van der Waals surface area contributed by atoms with E-state index in [0.717, 1.165) is 4.88 Å². The lowest BCUT2D eigenvalue weighted by molar-refractivity contribution is 0.0937. The number of carbonyl (C=O) groups excluding carboxylic acids is 1. The molecule has 0 saturated heterocycles. The van der Waals surface area contributed by atoms with Gasteiger partial charge in [0.05, 0.1) is 4.88 Å². The van der Waals surface area contributed by atoms with Gasteiger partial charge in [0.1, 0.15) is 0 Å². The minimum atomic E-state index is 0.0311. The first-order valence-electron chi connectivity index (χ1n) is 5.69. The number of nitrogens with two attached hydrogens (primary N) is 1. The van der Waals surface area contributed by atoms with Crippen molar-refractivity contribution in [3.05, 3.63) is 21.4 Å². The van der Waals surface area contributed by atoms with E-state index in [2.05, 4.69) is 5.32 Å². The van der Waals surface area contributed by atoms with Crippen molar-refractivity contribution in [3.8, 4) is 0 Å². The highest BCUT2D eigenvalue weighted by Crippen LogP contribution is 2.32. The average molecular weight is 238 g/mol. The molecule has 0 radical (unpaired) electrons. The van der Waals surface area contributed by atoms with Gasteiger partial charge >= 0.3 is 0 Å². The molecular formula is C12H18N2OS. The molecule has 0 spiro atoms. The maximum Gasteiger partial charge on any atom is 0.261 e. The molecule has 1 unspecified atom stereocenters. The van der Waals surface area contributed by atoms with Crippen LogP contribution in [0, 0.1) is 19.8 Å². The Morgan fingerprint density at radius 3 is 2.75 bits per heavy atom. The highest BCUT2D eigenvalue weighted by Gasteiger charge is 2.31. The lowest BCUT2D eigenvalue weighted by Gasteiger charge is -2.14.